The zero-order valence-corrected chi connectivity index (χ0v) is 13.9. The van der Waals surface area contributed by atoms with Gasteiger partial charge in [-0.05, 0) is 45.0 Å². The zero-order valence-electron chi connectivity index (χ0n) is 12.4. The number of amides is 1. The standard InChI is InChI=1S/C15H15Cl2N3O2/c1-15(2,3)22-14(21)20(11-6-4-10(16)5-7-11)13-9-18-8-12(17)19-13/h4-9H,1-3H3. The van der Waals surface area contributed by atoms with Crippen LogP contribution in [0, 0.1) is 0 Å². The van der Waals surface area contributed by atoms with Crippen molar-refractivity contribution >= 4 is 40.8 Å². The molecular weight excluding hydrogens is 325 g/mol. The van der Waals surface area contributed by atoms with Gasteiger partial charge in [-0.3, -0.25) is 4.98 Å². The molecule has 1 aromatic heterocycles. The summed E-state index contributed by atoms with van der Waals surface area (Å²) in [5, 5.41) is 0.741. The predicted molar refractivity (Wildman–Crippen MR) is 86.9 cm³/mol. The van der Waals surface area contributed by atoms with Crippen LogP contribution in [0.2, 0.25) is 10.2 Å². The molecule has 7 heteroatoms. The van der Waals surface area contributed by atoms with Crippen molar-refractivity contribution in [2.75, 3.05) is 4.90 Å². The van der Waals surface area contributed by atoms with Crippen molar-refractivity contribution in [3.8, 4) is 0 Å². The summed E-state index contributed by atoms with van der Waals surface area (Å²) in [5.74, 6) is 0.268. The zero-order chi connectivity index (χ0) is 16.3. The Labute approximate surface area is 138 Å². The minimum Gasteiger partial charge on any atom is -0.443 e. The number of carbonyl (C=O) groups excluding carboxylic acids is 1. The lowest BCUT2D eigenvalue weighted by atomic mass is 10.2. The van der Waals surface area contributed by atoms with Gasteiger partial charge in [-0.15, -0.1) is 0 Å². The third-order valence-corrected chi connectivity index (χ3v) is 2.92. The molecule has 2 aromatic rings. The van der Waals surface area contributed by atoms with Crippen LogP contribution < -0.4 is 4.90 Å². The van der Waals surface area contributed by atoms with Crippen molar-refractivity contribution in [2.24, 2.45) is 0 Å². The molecule has 2 rings (SSSR count). The van der Waals surface area contributed by atoms with Crippen LogP contribution in [0.15, 0.2) is 36.7 Å². The third-order valence-electron chi connectivity index (χ3n) is 2.48. The van der Waals surface area contributed by atoms with E-state index in [4.69, 9.17) is 27.9 Å². The predicted octanol–water partition coefficient (Wildman–Crippen LogP) is 4.86. The van der Waals surface area contributed by atoms with Crippen molar-refractivity contribution in [3.05, 3.63) is 46.8 Å². The Bertz CT molecular complexity index is 669. The number of benzene rings is 1. The van der Waals surface area contributed by atoms with Gasteiger partial charge in [-0.1, -0.05) is 23.2 Å². The van der Waals surface area contributed by atoms with Gasteiger partial charge in [0.05, 0.1) is 18.1 Å². The molecule has 0 N–H and O–H groups in total. The number of hydrogen-bond acceptors (Lipinski definition) is 4. The first kappa shape index (κ1) is 16.5. The fourth-order valence-electron chi connectivity index (χ4n) is 1.67. The highest BCUT2D eigenvalue weighted by Crippen LogP contribution is 2.27. The van der Waals surface area contributed by atoms with E-state index in [1.807, 2.05) is 0 Å². The van der Waals surface area contributed by atoms with Gasteiger partial charge in [0.1, 0.15) is 10.8 Å². The molecule has 0 fully saturated rings. The Hall–Kier alpha value is -1.85. The second kappa shape index (κ2) is 6.50. The van der Waals surface area contributed by atoms with Gasteiger partial charge in [0.25, 0.3) is 0 Å². The molecular formula is C15H15Cl2N3O2. The largest absolute Gasteiger partial charge is 0.443 e. The van der Waals surface area contributed by atoms with E-state index in [1.54, 1.807) is 45.0 Å². The summed E-state index contributed by atoms with van der Waals surface area (Å²) in [6.07, 6.45) is 2.25. The van der Waals surface area contributed by atoms with Crippen molar-refractivity contribution in [3.63, 3.8) is 0 Å². The first-order valence-electron chi connectivity index (χ1n) is 6.52. The van der Waals surface area contributed by atoms with Gasteiger partial charge in [0.2, 0.25) is 0 Å². The number of rotatable bonds is 2. The van der Waals surface area contributed by atoms with Gasteiger partial charge in [-0.2, -0.15) is 0 Å². The molecule has 0 saturated carbocycles. The summed E-state index contributed by atoms with van der Waals surface area (Å²) < 4.78 is 5.42. The number of halogens is 2. The van der Waals surface area contributed by atoms with Crippen molar-refractivity contribution in [1.29, 1.82) is 0 Å². The molecule has 0 atom stereocenters. The van der Waals surface area contributed by atoms with Crippen LogP contribution in [-0.4, -0.2) is 21.7 Å². The molecule has 0 bridgehead atoms. The summed E-state index contributed by atoms with van der Waals surface area (Å²) >= 11 is 11.8. The molecule has 0 spiro atoms. The monoisotopic (exact) mass is 339 g/mol. The molecule has 5 nitrogen and oxygen atoms in total. The Morgan fingerprint density at radius 3 is 2.32 bits per heavy atom. The van der Waals surface area contributed by atoms with Crippen molar-refractivity contribution < 1.29 is 9.53 Å². The van der Waals surface area contributed by atoms with Crippen LogP contribution >= 0.6 is 23.2 Å². The number of carbonyl (C=O) groups is 1. The van der Waals surface area contributed by atoms with E-state index in [0.29, 0.717) is 10.7 Å². The second-order valence-corrected chi connectivity index (χ2v) is 6.32. The van der Waals surface area contributed by atoms with Gasteiger partial charge >= 0.3 is 6.09 Å². The molecule has 0 saturated heterocycles. The molecule has 0 radical (unpaired) electrons. The van der Waals surface area contributed by atoms with Crippen LogP contribution in [-0.2, 0) is 4.74 Å². The van der Waals surface area contributed by atoms with E-state index in [2.05, 4.69) is 9.97 Å². The molecule has 0 aliphatic carbocycles. The smallest absolute Gasteiger partial charge is 0.420 e. The minimum atomic E-state index is -0.645. The maximum atomic E-state index is 12.5. The Morgan fingerprint density at radius 1 is 1.14 bits per heavy atom. The highest BCUT2D eigenvalue weighted by molar-refractivity contribution is 6.30. The van der Waals surface area contributed by atoms with Crippen LogP contribution in [0.5, 0.6) is 0 Å². The number of anilines is 2. The molecule has 0 aliphatic heterocycles. The second-order valence-electron chi connectivity index (χ2n) is 5.49. The Balaban J connectivity index is 2.45. The van der Waals surface area contributed by atoms with Crippen LogP contribution in [0.4, 0.5) is 16.3 Å². The first-order valence-corrected chi connectivity index (χ1v) is 7.28. The fraction of sp³-hybridized carbons (Fsp3) is 0.267. The quantitative estimate of drug-likeness (QED) is 0.784. The van der Waals surface area contributed by atoms with Gasteiger partial charge < -0.3 is 4.74 Å². The molecule has 1 aromatic carbocycles. The van der Waals surface area contributed by atoms with Crippen LogP contribution in [0.25, 0.3) is 0 Å². The molecule has 1 heterocycles. The Kier molecular flexibility index (Phi) is 4.88. The lowest BCUT2D eigenvalue weighted by molar-refractivity contribution is 0.0598. The summed E-state index contributed by atoms with van der Waals surface area (Å²) in [7, 11) is 0. The molecule has 22 heavy (non-hydrogen) atoms. The van der Waals surface area contributed by atoms with Crippen molar-refractivity contribution in [1.82, 2.24) is 9.97 Å². The average Bonchev–Trinajstić information content (AvgIpc) is 2.39. The van der Waals surface area contributed by atoms with E-state index in [1.165, 1.54) is 17.3 Å². The Morgan fingerprint density at radius 2 is 1.77 bits per heavy atom. The molecule has 0 aliphatic rings. The van der Waals surface area contributed by atoms with Gasteiger partial charge in [0.15, 0.2) is 5.82 Å². The van der Waals surface area contributed by atoms with E-state index in [0.717, 1.165) is 0 Å². The number of ether oxygens (including phenoxy) is 1. The van der Waals surface area contributed by atoms with Gasteiger partial charge in [-0.25, -0.2) is 14.7 Å². The average molecular weight is 340 g/mol. The summed E-state index contributed by atoms with van der Waals surface area (Å²) in [5.41, 5.74) is -0.0940. The number of hydrogen-bond donors (Lipinski definition) is 0. The number of aromatic nitrogens is 2. The summed E-state index contributed by atoms with van der Waals surface area (Å²) in [4.78, 5) is 21.9. The lowest BCUT2D eigenvalue weighted by Crippen LogP contribution is -2.34. The topological polar surface area (TPSA) is 55.3 Å². The van der Waals surface area contributed by atoms with Crippen LogP contribution in [0.1, 0.15) is 20.8 Å². The molecule has 1 amide bonds. The highest BCUT2D eigenvalue weighted by atomic mass is 35.5. The normalized spacial score (nSPS) is 11.1. The van der Waals surface area contributed by atoms with Crippen LogP contribution in [0.3, 0.4) is 0 Å². The highest BCUT2D eigenvalue weighted by Gasteiger charge is 2.26. The molecule has 0 unspecified atom stereocenters. The fourth-order valence-corrected chi connectivity index (χ4v) is 1.94. The van der Waals surface area contributed by atoms with Crippen molar-refractivity contribution in [2.45, 2.75) is 26.4 Å². The van der Waals surface area contributed by atoms with E-state index in [-0.39, 0.29) is 11.0 Å². The number of nitrogens with zero attached hydrogens (tertiary/aromatic N) is 3. The maximum absolute atomic E-state index is 12.5. The first-order chi connectivity index (χ1) is 10.3. The lowest BCUT2D eigenvalue weighted by Gasteiger charge is -2.26. The summed E-state index contributed by atoms with van der Waals surface area (Å²) in [6.45, 7) is 5.36. The minimum absolute atomic E-state index is 0.181. The molecule has 116 valence electrons. The summed E-state index contributed by atoms with van der Waals surface area (Å²) in [6, 6.07) is 6.72. The van der Waals surface area contributed by atoms with E-state index < -0.39 is 11.7 Å². The van der Waals surface area contributed by atoms with Gasteiger partial charge in [0, 0.05) is 5.02 Å². The SMILES string of the molecule is CC(C)(C)OC(=O)N(c1ccc(Cl)cc1)c1cncc(Cl)n1. The third kappa shape index (κ3) is 4.32. The van der Waals surface area contributed by atoms with E-state index in [9.17, 15) is 4.79 Å². The maximum Gasteiger partial charge on any atom is 0.420 e. The van der Waals surface area contributed by atoms with E-state index >= 15 is 0 Å².